The maximum absolute atomic E-state index is 11.2. The van der Waals surface area contributed by atoms with Gasteiger partial charge in [0.2, 0.25) is 0 Å². The first-order valence-electron chi connectivity index (χ1n) is 9.53. The van der Waals surface area contributed by atoms with Crippen molar-refractivity contribution in [3.63, 3.8) is 0 Å². The summed E-state index contributed by atoms with van der Waals surface area (Å²) in [6.45, 7) is 1.97. The predicted octanol–water partition coefficient (Wildman–Crippen LogP) is 9.35. The predicted molar refractivity (Wildman–Crippen MR) is 157 cm³/mol. The quantitative estimate of drug-likeness (QED) is 0.229. The Morgan fingerprint density at radius 3 is 1.51 bits per heavy atom. The van der Waals surface area contributed by atoms with Crippen molar-refractivity contribution in [3.05, 3.63) is 91.4 Å². The largest absolute Gasteiger partial charge is 0.506 e. The number of allylic oxidation sites excluding steroid dienone is 2. The van der Waals surface area contributed by atoms with Gasteiger partial charge in [-0.1, -0.05) is 0 Å². The van der Waals surface area contributed by atoms with E-state index in [2.05, 4.69) is 95.6 Å². The Morgan fingerprint density at radius 2 is 1.09 bits per heavy atom. The molecule has 0 atom stereocenters. The Balaban J connectivity index is 0.000000287. The molecule has 4 rings (SSSR count). The Bertz CT molecular complexity index is 1330. The molecule has 5 nitrogen and oxygen atoms in total. The molecule has 0 amide bonds. The van der Waals surface area contributed by atoms with Crippen molar-refractivity contribution in [2.24, 2.45) is 0 Å². The standard InChI is InChI=1S/C17H8Br4O4.C7H6Br2O/c18-9-1-7(2-10(19)16(9)23)3-13-15(14(6-22)25-13)8-4-11(20)17(24)12(21)5-8;1-4-2-5(8)7(10)6(9)3-4/h1-6,23-24H;2-3,10H,1H3/b13-3-;. The van der Waals surface area contributed by atoms with Crippen molar-refractivity contribution >= 4 is 114 Å². The first-order valence-corrected chi connectivity index (χ1v) is 14.3. The minimum atomic E-state index is 0.0779. The molecule has 0 aromatic heterocycles. The van der Waals surface area contributed by atoms with E-state index in [-0.39, 0.29) is 23.0 Å². The van der Waals surface area contributed by atoms with Gasteiger partial charge in [-0.3, -0.25) is 4.79 Å². The average Bonchev–Trinajstić information content (AvgIpc) is 2.76. The number of ether oxygens (including phenoxy) is 1. The number of halogens is 6. The number of phenolic OH excluding ortho intramolecular Hbond substituents is 3. The summed E-state index contributed by atoms with van der Waals surface area (Å²) >= 11 is 19.6. The molecule has 1 heterocycles. The molecule has 1 aliphatic rings. The fraction of sp³-hybridized carbons (Fsp3) is 0.0417. The third kappa shape index (κ3) is 6.61. The Morgan fingerprint density at radius 1 is 0.686 bits per heavy atom. The van der Waals surface area contributed by atoms with Crippen LogP contribution < -0.4 is 0 Å². The number of carbonyl (C=O) groups excluding carboxylic acids is 1. The topological polar surface area (TPSA) is 87.0 Å². The summed E-state index contributed by atoms with van der Waals surface area (Å²) < 4.78 is 8.97. The highest BCUT2D eigenvalue weighted by Gasteiger charge is 2.28. The van der Waals surface area contributed by atoms with Crippen molar-refractivity contribution in [2.45, 2.75) is 6.92 Å². The van der Waals surface area contributed by atoms with Crippen LogP contribution in [0, 0.1) is 6.92 Å². The van der Waals surface area contributed by atoms with Crippen molar-refractivity contribution in [2.75, 3.05) is 0 Å². The van der Waals surface area contributed by atoms with Crippen LogP contribution in [0.1, 0.15) is 16.7 Å². The summed E-state index contributed by atoms with van der Waals surface area (Å²) in [5, 5.41) is 28.9. The normalized spacial score (nSPS) is 13.6. The van der Waals surface area contributed by atoms with Crippen LogP contribution in [-0.2, 0) is 9.53 Å². The maximum Gasteiger partial charge on any atom is 0.186 e. The molecule has 35 heavy (non-hydrogen) atoms. The molecule has 0 bridgehead atoms. The van der Waals surface area contributed by atoms with Crippen LogP contribution in [0.4, 0.5) is 0 Å². The Labute approximate surface area is 251 Å². The molecule has 3 aromatic carbocycles. The molecule has 0 saturated heterocycles. The van der Waals surface area contributed by atoms with Crippen molar-refractivity contribution in [1.29, 1.82) is 0 Å². The van der Waals surface area contributed by atoms with Crippen LogP contribution in [0.2, 0.25) is 0 Å². The lowest BCUT2D eigenvalue weighted by Crippen LogP contribution is -2.12. The van der Waals surface area contributed by atoms with Gasteiger partial charge in [0.05, 0.1) is 32.4 Å². The molecule has 0 aliphatic carbocycles. The number of carbonyl (C=O) groups is 1. The number of hydrogen-bond donors (Lipinski definition) is 3. The fourth-order valence-electron chi connectivity index (χ4n) is 2.99. The van der Waals surface area contributed by atoms with Gasteiger partial charge in [0, 0.05) is 0 Å². The van der Waals surface area contributed by atoms with E-state index in [0.717, 1.165) is 20.1 Å². The molecule has 0 unspecified atom stereocenters. The molecule has 0 spiro atoms. The van der Waals surface area contributed by atoms with Crippen LogP contribution in [0.3, 0.4) is 0 Å². The zero-order valence-corrected chi connectivity index (χ0v) is 27.1. The highest BCUT2D eigenvalue weighted by molar-refractivity contribution is 9.11. The van der Waals surface area contributed by atoms with E-state index in [9.17, 15) is 20.1 Å². The number of hydrogen-bond acceptors (Lipinski definition) is 5. The monoisotopic (exact) mass is 856 g/mol. The Hall–Kier alpha value is -1.11. The molecule has 11 heteroatoms. The maximum atomic E-state index is 11.2. The van der Waals surface area contributed by atoms with E-state index in [4.69, 9.17) is 4.74 Å². The van der Waals surface area contributed by atoms with Crippen LogP contribution in [0.15, 0.2) is 74.8 Å². The third-order valence-corrected chi connectivity index (χ3v) is 8.25. The molecule has 0 saturated carbocycles. The van der Waals surface area contributed by atoms with Gasteiger partial charge >= 0.3 is 0 Å². The fourth-order valence-corrected chi connectivity index (χ4v) is 6.81. The van der Waals surface area contributed by atoms with Crippen LogP contribution in [0.5, 0.6) is 17.2 Å². The highest BCUT2D eigenvalue weighted by Crippen LogP contribution is 2.44. The first kappa shape index (κ1) is 28.5. The van der Waals surface area contributed by atoms with Crippen molar-refractivity contribution < 1.29 is 24.9 Å². The van der Waals surface area contributed by atoms with E-state index < -0.39 is 0 Å². The van der Waals surface area contributed by atoms with E-state index in [1.807, 2.05) is 19.1 Å². The zero-order valence-electron chi connectivity index (χ0n) is 17.5. The van der Waals surface area contributed by atoms with Gasteiger partial charge < -0.3 is 20.1 Å². The van der Waals surface area contributed by atoms with Crippen LogP contribution in [0.25, 0.3) is 11.6 Å². The number of phenols is 3. The molecule has 182 valence electrons. The second kappa shape index (κ2) is 12.0. The summed E-state index contributed by atoms with van der Waals surface area (Å²) in [4.78, 5) is 11.2. The van der Waals surface area contributed by atoms with Gasteiger partial charge in [0.25, 0.3) is 0 Å². The molecule has 3 N–H and O–H groups in total. The summed E-state index contributed by atoms with van der Waals surface area (Å²) in [5.41, 5.74) is 3.23. The van der Waals surface area contributed by atoms with Gasteiger partial charge in [-0.25, -0.2) is 0 Å². The van der Waals surface area contributed by atoms with Gasteiger partial charge in [-0.05, 0) is 162 Å². The Kier molecular flexibility index (Phi) is 9.72. The summed E-state index contributed by atoms with van der Waals surface area (Å²) in [7, 11) is 0. The average molecular weight is 862 g/mol. The molecule has 0 radical (unpaired) electrons. The number of aldehydes is 1. The SMILES string of the molecule is Cc1cc(Br)c(O)c(Br)c1.O=CC1=C(c2cc(Br)c(O)c(Br)c2)/C(=C/c2cc(Br)c(O)c(Br)c2)O1. The number of aromatic hydroxyl groups is 3. The second-order valence-electron chi connectivity index (χ2n) is 7.17. The van der Waals surface area contributed by atoms with Gasteiger partial charge in [-0.2, -0.15) is 0 Å². The molecular formula is C24H14Br6O5. The number of aryl methyl sites for hydroxylation is 1. The van der Waals surface area contributed by atoms with Gasteiger partial charge in [0.15, 0.2) is 12.0 Å². The molecule has 1 aliphatic heterocycles. The van der Waals surface area contributed by atoms with E-state index in [0.29, 0.717) is 41.1 Å². The lowest BCUT2D eigenvalue weighted by Gasteiger charge is -2.25. The smallest absolute Gasteiger partial charge is 0.186 e. The summed E-state index contributed by atoms with van der Waals surface area (Å²) in [5.74, 6) is 1.16. The lowest BCUT2D eigenvalue weighted by molar-refractivity contribution is -0.107. The highest BCUT2D eigenvalue weighted by atomic mass is 79.9. The number of benzene rings is 3. The zero-order chi connectivity index (χ0) is 26.0. The minimum Gasteiger partial charge on any atom is -0.506 e. The summed E-state index contributed by atoms with van der Waals surface area (Å²) in [6, 6.07) is 10.6. The van der Waals surface area contributed by atoms with E-state index >= 15 is 0 Å². The number of rotatable bonds is 3. The molecular weight excluding hydrogens is 848 g/mol. The van der Waals surface area contributed by atoms with Crippen LogP contribution >= 0.6 is 95.6 Å². The van der Waals surface area contributed by atoms with E-state index in [1.165, 1.54) is 0 Å². The van der Waals surface area contributed by atoms with Gasteiger partial charge in [-0.15, -0.1) is 0 Å². The third-order valence-electron chi connectivity index (χ3n) is 4.62. The minimum absolute atomic E-state index is 0.0779. The lowest BCUT2D eigenvalue weighted by atomic mass is 9.97. The second-order valence-corrected chi connectivity index (χ2v) is 12.3. The molecule has 3 aromatic rings. The van der Waals surface area contributed by atoms with Crippen molar-refractivity contribution in [1.82, 2.24) is 0 Å². The molecule has 0 fully saturated rings. The first-order chi connectivity index (χ1) is 16.4. The van der Waals surface area contributed by atoms with Gasteiger partial charge in [0.1, 0.15) is 23.0 Å². The van der Waals surface area contributed by atoms with Crippen LogP contribution in [-0.4, -0.2) is 21.6 Å². The van der Waals surface area contributed by atoms with Crippen molar-refractivity contribution in [3.8, 4) is 17.2 Å². The van der Waals surface area contributed by atoms with E-state index in [1.54, 1.807) is 30.3 Å². The summed E-state index contributed by atoms with van der Waals surface area (Å²) in [6.07, 6.45) is 2.40.